The molecular weight excluding hydrogens is 460 g/mol. The van der Waals surface area contributed by atoms with Gasteiger partial charge in [-0.3, -0.25) is 14.4 Å². The summed E-state index contributed by atoms with van der Waals surface area (Å²) in [5.74, 6) is -1.20. The Bertz CT molecular complexity index is 1040. The van der Waals surface area contributed by atoms with E-state index >= 15 is 0 Å². The molecule has 3 saturated carbocycles. The number of Topliss-reactive ketones (excluding diaryl/α,β-unsaturated/α-hetero) is 1. The molecule has 36 heavy (non-hydrogen) atoms. The number of ketones is 1. The van der Waals surface area contributed by atoms with Crippen molar-refractivity contribution in [1.82, 2.24) is 0 Å². The molecule has 0 radical (unpaired) electrons. The number of esters is 2. The van der Waals surface area contributed by atoms with Crippen LogP contribution in [0.25, 0.3) is 0 Å². The van der Waals surface area contributed by atoms with E-state index in [9.17, 15) is 14.4 Å². The van der Waals surface area contributed by atoms with Gasteiger partial charge in [-0.1, -0.05) is 26.3 Å². The van der Waals surface area contributed by atoms with Gasteiger partial charge in [0.05, 0.1) is 26.4 Å². The molecule has 7 nitrogen and oxygen atoms in total. The van der Waals surface area contributed by atoms with E-state index in [-0.39, 0.29) is 41.2 Å². The lowest BCUT2D eigenvalue weighted by Gasteiger charge is -2.52. The Morgan fingerprint density at radius 2 is 1.56 bits per heavy atom. The van der Waals surface area contributed by atoms with Crippen molar-refractivity contribution >= 4 is 17.7 Å². The molecule has 1 spiro atoms. The molecule has 0 bridgehead atoms. The lowest BCUT2D eigenvalue weighted by molar-refractivity contribution is -0.338. The van der Waals surface area contributed by atoms with E-state index in [4.69, 9.17) is 18.9 Å². The lowest BCUT2D eigenvalue weighted by Crippen LogP contribution is -2.57. The van der Waals surface area contributed by atoms with Crippen molar-refractivity contribution in [2.75, 3.05) is 26.4 Å². The van der Waals surface area contributed by atoms with Crippen LogP contribution >= 0.6 is 0 Å². The first-order valence-corrected chi connectivity index (χ1v) is 13.8. The van der Waals surface area contributed by atoms with E-state index in [1.807, 2.05) is 0 Å². The van der Waals surface area contributed by atoms with Crippen molar-refractivity contribution in [3.8, 4) is 0 Å². The first kappa shape index (κ1) is 24.6. The monoisotopic (exact) mass is 500 g/mol. The highest BCUT2D eigenvalue weighted by atomic mass is 16.7. The molecule has 7 heteroatoms. The largest absolute Gasteiger partial charge is 0.465 e. The second-order valence-corrected chi connectivity index (χ2v) is 13.4. The van der Waals surface area contributed by atoms with Gasteiger partial charge in [0.25, 0.3) is 0 Å². The molecule has 6 rings (SSSR count). The summed E-state index contributed by atoms with van der Waals surface area (Å²) in [6.45, 7) is 11.7. The molecular formula is C29H40O7. The molecule has 0 amide bonds. The van der Waals surface area contributed by atoms with Gasteiger partial charge < -0.3 is 18.9 Å². The number of ether oxygens (including phenoxy) is 4. The normalized spacial score (nSPS) is 40.7. The molecule has 4 fully saturated rings. The fourth-order valence-corrected chi connectivity index (χ4v) is 9.08. The average Bonchev–Trinajstić information content (AvgIpc) is 3.24. The standard InChI is InChI=1S/C29H40O7/c1-6-33-22(31)27(23(32)34-7-2)10-11-28-15-26(28,14-27)12-18-19-8-9-29(35-16-24(3,4)17-36-29)25(19,5)13-20(30)21(18)28/h19H,6-17H2,1-5H3/t19-,25-,26-,28-/m0/s1. The maximum absolute atomic E-state index is 13.9. The highest BCUT2D eigenvalue weighted by molar-refractivity contribution is 6.03. The van der Waals surface area contributed by atoms with Gasteiger partial charge in [0, 0.05) is 34.7 Å². The molecule has 0 N–H and O–H groups in total. The molecule has 1 heterocycles. The van der Waals surface area contributed by atoms with E-state index in [0.717, 1.165) is 31.3 Å². The summed E-state index contributed by atoms with van der Waals surface area (Å²) >= 11 is 0. The lowest BCUT2D eigenvalue weighted by atomic mass is 9.62. The molecule has 1 aliphatic heterocycles. The van der Waals surface area contributed by atoms with Crippen LogP contribution < -0.4 is 0 Å². The highest BCUT2D eigenvalue weighted by Crippen LogP contribution is 2.85. The van der Waals surface area contributed by atoms with Crippen LogP contribution in [0.3, 0.4) is 0 Å². The first-order valence-electron chi connectivity index (χ1n) is 13.8. The Kier molecular flexibility index (Phi) is 5.08. The van der Waals surface area contributed by atoms with Crippen molar-refractivity contribution in [3.63, 3.8) is 0 Å². The molecule has 4 atom stereocenters. The van der Waals surface area contributed by atoms with Gasteiger partial charge in [-0.2, -0.15) is 0 Å². The minimum absolute atomic E-state index is 0.0335. The molecule has 6 aliphatic rings. The van der Waals surface area contributed by atoms with E-state index < -0.39 is 28.6 Å². The summed E-state index contributed by atoms with van der Waals surface area (Å²) in [5.41, 5.74) is 0.153. The summed E-state index contributed by atoms with van der Waals surface area (Å²) in [5, 5.41) is 0. The number of carbonyl (C=O) groups excluding carboxylic acids is 3. The number of fused-ring (bicyclic) bond motifs is 3. The SMILES string of the molecule is CCOC(=O)C1(C(=O)OCC)CC[C@@]23C[C@]2(CC2=C3C(=O)C[C@@]3(C)[C@H]2CCC32OCC(C)(C)CO2)C1. The second-order valence-electron chi connectivity index (χ2n) is 13.4. The Balaban J connectivity index is 1.33. The molecule has 0 aromatic heterocycles. The van der Waals surface area contributed by atoms with Gasteiger partial charge in [-0.25, -0.2) is 0 Å². The third-order valence-electron chi connectivity index (χ3n) is 10.8. The molecule has 0 unspecified atom stereocenters. The molecule has 1 saturated heterocycles. The van der Waals surface area contributed by atoms with Gasteiger partial charge in [0.1, 0.15) is 0 Å². The van der Waals surface area contributed by atoms with Gasteiger partial charge in [-0.15, -0.1) is 0 Å². The van der Waals surface area contributed by atoms with Crippen molar-refractivity contribution in [1.29, 1.82) is 0 Å². The van der Waals surface area contributed by atoms with E-state index in [0.29, 0.717) is 38.9 Å². The number of hydrogen-bond donors (Lipinski definition) is 0. The van der Waals surface area contributed by atoms with Crippen molar-refractivity contribution in [3.05, 3.63) is 11.1 Å². The van der Waals surface area contributed by atoms with Gasteiger partial charge in [0.15, 0.2) is 17.0 Å². The molecule has 5 aliphatic carbocycles. The maximum atomic E-state index is 13.9. The van der Waals surface area contributed by atoms with Crippen LogP contribution in [0.15, 0.2) is 11.1 Å². The maximum Gasteiger partial charge on any atom is 0.323 e. The smallest absolute Gasteiger partial charge is 0.323 e. The Hall–Kier alpha value is -1.73. The summed E-state index contributed by atoms with van der Waals surface area (Å²) in [7, 11) is 0. The Morgan fingerprint density at radius 3 is 2.17 bits per heavy atom. The van der Waals surface area contributed by atoms with Crippen molar-refractivity contribution in [2.24, 2.45) is 33.0 Å². The predicted octanol–water partition coefficient (Wildman–Crippen LogP) is 4.52. The third-order valence-corrected chi connectivity index (χ3v) is 10.8. The van der Waals surface area contributed by atoms with E-state index in [1.54, 1.807) is 13.8 Å². The number of rotatable bonds is 4. The first-order chi connectivity index (χ1) is 16.9. The predicted molar refractivity (Wildman–Crippen MR) is 130 cm³/mol. The zero-order valence-electron chi connectivity index (χ0n) is 22.4. The highest BCUT2D eigenvalue weighted by Gasteiger charge is 2.81. The number of carbonyl (C=O) groups is 3. The molecule has 0 aromatic rings. The van der Waals surface area contributed by atoms with Crippen molar-refractivity contribution in [2.45, 2.75) is 91.8 Å². The number of hydrogen-bond acceptors (Lipinski definition) is 7. The minimum Gasteiger partial charge on any atom is -0.465 e. The van der Waals surface area contributed by atoms with E-state index in [2.05, 4.69) is 20.8 Å². The van der Waals surface area contributed by atoms with Gasteiger partial charge >= 0.3 is 11.9 Å². The zero-order valence-corrected chi connectivity index (χ0v) is 22.4. The summed E-state index contributed by atoms with van der Waals surface area (Å²) in [6, 6.07) is 0. The van der Waals surface area contributed by atoms with Crippen LogP contribution in [-0.2, 0) is 33.3 Å². The summed E-state index contributed by atoms with van der Waals surface area (Å²) < 4.78 is 23.8. The van der Waals surface area contributed by atoms with Crippen LogP contribution in [0.5, 0.6) is 0 Å². The Labute approximate surface area is 213 Å². The second kappa shape index (κ2) is 7.43. The fourth-order valence-electron chi connectivity index (χ4n) is 9.08. The fraction of sp³-hybridized carbons (Fsp3) is 0.828. The van der Waals surface area contributed by atoms with Crippen LogP contribution in [0.4, 0.5) is 0 Å². The average molecular weight is 501 g/mol. The summed E-state index contributed by atoms with van der Waals surface area (Å²) in [6.07, 6.45) is 5.27. The van der Waals surface area contributed by atoms with Crippen LogP contribution in [-0.4, -0.2) is 49.9 Å². The van der Waals surface area contributed by atoms with Crippen LogP contribution in [0.2, 0.25) is 0 Å². The van der Waals surface area contributed by atoms with Crippen LogP contribution in [0.1, 0.15) is 86.0 Å². The zero-order chi connectivity index (χ0) is 25.8. The Morgan fingerprint density at radius 1 is 0.917 bits per heavy atom. The van der Waals surface area contributed by atoms with Gasteiger partial charge in [0.2, 0.25) is 0 Å². The molecule has 0 aromatic carbocycles. The van der Waals surface area contributed by atoms with Crippen LogP contribution in [0, 0.1) is 33.0 Å². The quantitative estimate of drug-likeness (QED) is 0.414. The van der Waals surface area contributed by atoms with E-state index in [1.165, 1.54) is 5.57 Å². The third kappa shape index (κ3) is 2.85. The molecule has 198 valence electrons. The van der Waals surface area contributed by atoms with Crippen molar-refractivity contribution < 1.29 is 33.3 Å². The minimum atomic E-state index is -1.27. The summed E-state index contributed by atoms with van der Waals surface area (Å²) in [4.78, 5) is 40.4. The number of allylic oxidation sites excluding steroid dienone is 2. The topological polar surface area (TPSA) is 88.1 Å². The van der Waals surface area contributed by atoms with Gasteiger partial charge in [-0.05, 0) is 63.7 Å².